The van der Waals surface area contributed by atoms with Gasteiger partial charge in [0.05, 0.1) is 6.61 Å². The Morgan fingerprint density at radius 2 is 2.00 bits per heavy atom. The van der Waals surface area contributed by atoms with Crippen molar-refractivity contribution < 1.29 is 35.1 Å². The lowest BCUT2D eigenvalue weighted by Crippen LogP contribution is -2.49. The first-order valence-electron chi connectivity index (χ1n) is 3.54. The van der Waals surface area contributed by atoms with Gasteiger partial charge in [-0.2, -0.15) is 0 Å². The minimum Gasteiger partial charge on any atom is -0.477 e. The van der Waals surface area contributed by atoms with Gasteiger partial charge < -0.3 is 30.3 Å². The molecule has 1 rings (SSSR count). The Hall–Kier alpha value is -0.730. The van der Waals surface area contributed by atoms with Gasteiger partial charge in [-0.25, -0.2) is 4.79 Å². The fourth-order valence-electron chi connectivity index (χ4n) is 1.13. The maximum absolute atomic E-state index is 10.4. The molecule has 1 saturated heterocycles. The lowest BCUT2D eigenvalue weighted by Gasteiger charge is -2.19. The summed E-state index contributed by atoms with van der Waals surface area (Å²) in [6.45, 7) is -0.687. The van der Waals surface area contributed by atoms with E-state index in [1.54, 1.807) is 0 Å². The molecule has 0 aromatic carbocycles. The first kappa shape index (κ1) is 10.4. The molecule has 1 heterocycles. The number of aliphatic hydroxyl groups is 4. The van der Waals surface area contributed by atoms with Gasteiger partial charge in [-0.1, -0.05) is 0 Å². The molecule has 0 aliphatic carbocycles. The van der Waals surface area contributed by atoms with Gasteiger partial charge in [0.2, 0.25) is 0 Å². The summed E-state index contributed by atoms with van der Waals surface area (Å²) in [7, 11) is 0. The van der Waals surface area contributed by atoms with Crippen LogP contribution >= 0.6 is 0 Å². The van der Waals surface area contributed by atoms with Gasteiger partial charge in [0.15, 0.2) is 0 Å². The number of carboxylic acids is 1. The summed E-state index contributed by atoms with van der Waals surface area (Å²) in [5, 5.41) is 44.3. The highest BCUT2D eigenvalue weighted by atomic mass is 16.7. The van der Waals surface area contributed by atoms with Crippen LogP contribution in [0, 0.1) is 0 Å². The van der Waals surface area contributed by atoms with Gasteiger partial charge in [-0.05, 0) is 0 Å². The molecule has 1 aliphatic heterocycles. The van der Waals surface area contributed by atoms with Crippen LogP contribution in [0.5, 0.6) is 0 Å². The van der Waals surface area contributed by atoms with Crippen molar-refractivity contribution >= 4 is 5.97 Å². The lowest BCUT2D eigenvalue weighted by atomic mass is 10.1. The van der Waals surface area contributed by atoms with Crippen molar-refractivity contribution in [2.75, 3.05) is 6.61 Å². The molecule has 0 bridgehead atoms. The minimum atomic E-state index is -2.84. The molecule has 1 aliphatic rings. The SMILES string of the molecule is O=C(O)C1(O)OC(CO)C(O)C1O. The van der Waals surface area contributed by atoms with Crippen LogP contribution in [0.25, 0.3) is 0 Å². The average molecular weight is 194 g/mol. The molecule has 0 radical (unpaired) electrons. The zero-order valence-electron chi connectivity index (χ0n) is 6.49. The summed E-state index contributed by atoms with van der Waals surface area (Å²) >= 11 is 0. The maximum atomic E-state index is 10.4. The second-order valence-electron chi connectivity index (χ2n) is 2.78. The maximum Gasteiger partial charge on any atom is 0.367 e. The van der Waals surface area contributed by atoms with Crippen LogP contribution < -0.4 is 0 Å². The van der Waals surface area contributed by atoms with Crippen molar-refractivity contribution in [1.82, 2.24) is 0 Å². The van der Waals surface area contributed by atoms with Crippen molar-refractivity contribution in [3.05, 3.63) is 0 Å². The predicted molar refractivity (Wildman–Crippen MR) is 36.6 cm³/mol. The number of aliphatic hydroxyl groups excluding tert-OH is 3. The molecule has 0 saturated carbocycles. The van der Waals surface area contributed by atoms with E-state index in [2.05, 4.69) is 4.74 Å². The molecule has 76 valence electrons. The van der Waals surface area contributed by atoms with E-state index < -0.39 is 36.7 Å². The third-order valence-electron chi connectivity index (χ3n) is 1.92. The number of hydrogen-bond acceptors (Lipinski definition) is 6. The standard InChI is InChI=1S/C6H10O7/c7-1-2-3(8)4(9)6(12,13-2)5(10)11/h2-4,7-9,12H,1H2,(H,10,11). The van der Waals surface area contributed by atoms with Crippen LogP contribution in [0.15, 0.2) is 0 Å². The van der Waals surface area contributed by atoms with Crippen LogP contribution in [-0.2, 0) is 9.53 Å². The lowest BCUT2D eigenvalue weighted by molar-refractivity contribution is -0.239. The zero-order chi connectivity index (χ0) is 10.2. The molecule has 0 aromatic rings. The average Bonchev–Trinajstić information content (AvgIpc) is 2.31. The second-order valence-corrected chi connectivity index (χ2v) is 2.78. The van der Waals surface area contributed by atoms with Gasteiger partial charge in [-0.15, -0.1) is 0 Å². The number of rotatable bonds is 2. The molecule has 0 aromatic heterocycles. The Morgan fingerprint density at radius 3 is 2.23 bits per heavy atom. The van der Waals surface area contributed by atoms with Gasteiger partial charge in [0.1, 0.15) is 18.3 Å². The van der Waals surface area contributed by atoms with Gasteiger partial charge in [0.25, 0.3) is 5.79 Å². The highest BCUT2D eigenvalue weighted by Crippen LogP contribution is 2.29. The van der Waals surface area contributed by atoms with E-state index in [-0.39, 0.29) is 0 Å². The van der Waals surface area contributed by atoms with Gasteiger partial charge >= 0.3 is 5.97 Å². The van der Waals surface area contributed by atoms with Crippen LogP contribution in [0.1, 0.15) is 0 Å². The summed E-state index contributed by atoms with van der Waals surface area (Å²) in [4.78, 5) is 10.4. The fraction of sp³-hybridized carbons (Fsp3) is 0.833. The number of hydrogen-bond donors (Lipinski definition) is 5. The van der Waals surface area contributed by atoms with E-state index in [1.807, 2.05) is 0 Å². The molecule has 0 spiro atoms. The molecule has 7 nitrogen and oxygen atoms in total. The highest BCUT2D eigenvalue weighted by molar-refractivity contribution is 5.76. The number of carbonyl (C=O) groups is 1. The summed E-state index contributed by atoms with van der Waals surface area (Å²) in [6.07, 6.45) is -4.88. The minimum absolute atomic E-state index is 0.687. The van der Waals surface area contributed by atoms with Crippen molar-refractivity contribution in [3.8, 4) is 0 Å². The monoisotopic (exact) mass is 194 g/mol. The van der Waals surface area contributed by atoms with Crippen LogP contribution in [0.3, 0.4) is 0 Å². The van der Waals surface area contributed by atoms with E-state index in [9.17, 15) is 4.79 Å². The van der Waals surface area contributed by atoms with Crippen molar-refractivity contribution in [2.24, 2.45) is 0 Å². The second kappa shape index (κ2) is 3.20. The summed E-state index contributed by atoms with van der Waals surface area (Å²) < 4.78 is 4.39. The topological polar surface area (TPSA) is 127 Å². The molecule has 1 fully saturated rings. The van der Waals surface area contributed by atoms with Gasteiger partial charge in [0, 0.05) is 0 Å². The van der Waals surface area contributed by atoms with E-state index in [4.69, 9.17) is 25.5 Å². The molecular formula is C6H10O7. The Balaban J connectivity index is 2.87. The molecule has 0 amide bonds. The third kappa shape index (κ3) is 1.40. The van der Waals surface area contributed by atoms with E-state index >= 15 is 0 Å². The van der Waals surface area contributed by atoms with Crippen molar-refractivity contribution in [2.45, 2.75) is 24.1 Å². The number of aliphatic carboxylic acids is 1. The first-order chi connectivity index (χ1) is 5.93. The molecule has 13 heavy (non-hydrogen) atoms. The summed E-state index contributed by atoms with van der Waals surface area (Å²) in [5.41, 5.74) is 0. The molecule has 4 atom stereocenters. The summed E-state index contributed by atoms with van der Waals surface area (Å²) in [6, 6.07) is 0. The Morgan fingerprint density at radius 1 is 1.46 bits per heavy atom. The van der Waals surface area contributed by atoms with Crippen molar-refractivity contribution in [3.63, 3.8) is 0 Å². The summed E-state index contributed by atoms with van der Waals surface area (Å²) in [5.74, 6) is -4.65. The number of ether oxygens (including phenoxy) is 1. The van der Waals surface area contributed by atoms with E-state index in [1.165, 1.54) is 0 Å². The molecule has 4 unspecified atom stereocenters. The normalized spacial score (nSPS) is 45.1. The highest BCUT2D eigenvalue weighted by Gasteiger charge is 2.58. The van der Waals surface area contributed by atoms with Crippen LogP contribution in [0.2, 0.25) is 0 Å². The Kier molecular flexibility index (Phi) is 2.55. The first-order valence-corrected chi connectivity index (χ1v) is 3.54. The molecule has 5 N–H and O–H groups in total. The smallest absolute Gasteiger partial charge is 0.367 e. The van der Waals surface area contributed by atoms with Crippen molar-refractivity contribution in [1.29, 1.82) is 0 Å². The van der Waals surface area contributed by atoms with Gasteiger partial charge in [-0.3, -0.25) is 0 Å². The van der Waals surface area contributed by atoms with E-state index in [0.29, 0.717) is 0 Å². The molecule has 7 heteroatoms. The molecular weight excluding hydrogens is 184 g/mol. The Bertz CT molecular complexity index is 217. The predicted octanol–water partition coefficient (Wildman–Crippen LogP) is -3.13. The van der Waals surface area contributed by atoms with E-state index in [0.717, 1.165) is 0 Å². The quantitative estimate of drug-likeness (QED) is 0.314. The Labute approximate surface area is 72.8 Å². The number of carboxylic acid groups (broad SMARTS) is 1. The van der Waals surface area contributed by atoms with Crippen LogP contribution in [-0.4, -0.2) is 62.2 Å². The van der Waals surface area contributed by atoms with Crippen LogP contribution in [0.4, 0.5) is 0 Å². The fourth-order valence-corrected chi connectivity index (χ4v) is 1.13. The zero-order valence-corrected chi connectivity index (χ0v) is 6.49. The largest absolute Gasteiger partial charge is 0.477 e. The third-order valence-corrected chi connectivity index (χ3v) is 1.92.